The Bertz CT molecular complexity index is 684. The van der Waals surface area contributed by atoms with Crippen LogP contribution in [0, 0.1) is 5.41 Å². The highest BCUT2D eigenvalue weighted by Gasteiger charge is 2.33. The van der Waals surface area contributed by atoms with Crippen molar-refractivity contribution in [1.82, 2.24) is 10.6 Å². The van der Waals surface area contributed by atoms with Crippen molar-refractivity contribution in [2.45, 2.75) is 45.6 Å². The average Bonchev–Trinajstić information content (AvgIpc) is 3.29. The number of hydrogen-bond acceptors (Lipinski definition) is 3. The van der Waals surface area contributed by atoms with Gasteiger partial charge in [0.15, 0.2) is 5.96 Å². The maximum atomic E-state index is 5.86. The summed E-state index contributed by atoms with van der Waals surface area (Å²) in [5.74, 6) is 1.74. The van der Waals surface area contributed by atoms with Crippen molar-refractivity contribution in [3.8, 4) is 0 Å². The minimum Gasteiger partial charge on any atom is -0.459 e. The molecule has 26 heavy (non-hydrogen) atoms. The van der Waals surface area contributed by atoms with E-state index >= 15 is 0 Å². The Morgan fingerprint density at radius 1 is 1.23 bits per heavy atom. The molecule has 142 valence electrons. The fraction of sp³-hybridized carbons (Fsp3) is 0.571. The van der Waals surface area contributed by atoms with Crippen molar-refractivity contribution in [1.29, 1.82) is 0 Å². The van der Waals surface area contributed by atoms with Crippen LogP contribution in [0.15, 0.2) is 39.7 Å². The standard InChI is InChI=1S/C21H31N3O2/c1-3-25-13-12-21(10-6-7-11-21)16-24-20(22-2)23-15-18-14-17-8-4-5-9-19(17)26-18/h4-5,8-9,14H,3,6-7,10-13,15-16H2,1-2H3,(H2,22,23,24). The maximum absolute atomic E-state index is 5.86. The van der Waals surface area contributed by atoms with E-state index in [1.54, 1.807) is 0 Å². The molecule has 5 heteroatoms. The summed E-state index contributed by atoms with van der Waals surface area (Å²) in [6, 6.07) is 10.2. The fourth-order valence-electron chi connectivity index (χ4n) is 3.86. The van der Waals surface area contributed by atoms with Crippen LogP contribution in [0.25, 0.3) is 11.0 Å². The number of hydrogen-bond donors (Lipinski definition) is 2. The topological polar surface area (TPSA) is 58.8 Å². The van der Waals surface area contributed by atoms with Crippen molar-refractivity contribution < 1.29 is 9.15 Å². The van der Waals surface area contributed by atoms with Gasteiger partial charge in [0.1, 0.15) is 11.3 Å². The largest absolute Gasteiger partial charge is 0.459 e. The van der Waals surface area contributed by atoms with Crippen LogP contribution in [0.5, 0.6) is 0 Å². The number of furan rings is 1. The first-order chi connectivity index (χ1) is 12.7. The molecule has 0 radical (unpaired) electrons. The lowest BCUT2D eigenvalue weighted by molar-refractivity contribution is 0.105. The van der Waals surface area contributed by atoms with E-state index in [0.717, 1.165) is 48.9 Å². The smallest absolute Gasteiger partial charge is 0.191 e. The van der Waals surface area contributed by atoms with E-state index in [-0.39, 0.29) is 0 Å². The highest BCUT2D eigenvalue weighted by molar-refractivity contribution is 5.80. The van der Waals surface area contributed by atoms with Crippen molar-refractivity contribution in [3.05, 3.63) is 36.1 Å². The highest BCUT2D eigenvalue weighted by atomic mass is 16.5. The number of nitrogens with zero attached hydrogens (tertiary/aromatic N) is 1. The van der Waals surface area contributed by atoms with E-state index in [1.165, 1.54) is 25.7 Å². The summed E-state index contributed by atoms with van der Waals surface area (Å²) in [6.07, 6.45) is 6.30. The molecule has 1 aromatic heterocycles. The molecule has 0 amide bonds. The lowest BCUT2D eigenvalue weighted by atomic mass is 9.83. The summed E-state index contributed by atoms with van der Waals surface area (Å²) in [5, 5.41) is 8.03. The quantitative estimate of drug-likeness (QED) is 0.424. The van der Waals surface area contributed by atoms with Gasteiger partial charge in [0, 0.05) is 32.2 Å². The lowest BCUT2D eigenvalue weighted by Crippen LogP contribution is -2.43. The number of benzene rings is 1. The van der Waals surface area contributed by atoms with Crippen LogP contribution >= 0.6 is 0 Å². The minimum atomic E-state index is 0.339. The highest BCUT2D eigenvalue weighted by Crippen LogP contribution is 2.40. The first-order valence-electron chi connectivity index (χ1n) is 9.74. The second-order valence-electron chi connectivity index (χ2n) is 7.18. The Morgan fingerprint density at radius 3 is 2.77 bits per heavy atom. The molecule has 3 rings (SSSR count). The molecule has 0 aliphatic heterocycles. The van der Waals surface area contributed by atoms with Crippen LogP contribution in [0.3, 0.4) is 0 Å². The maximum Gasteiger partial charge on any atom is 0.191 e. The number of nitrogens with one attached hydrogen (secondary N) is 2. The normalized spacial score (nSPS) is 16.9. The fourth-order valence-corrected chi connectivity index (χ4v) is 3.86. The van der Waals surface area contributed by atoms with E-state index in [2.05, 4.69) is 34.7 Å². The molecule has 0 saturated heterocycles. The van der Waals surface area contributed by atoms with Crippen molar-refractivity contribution in [2.24, 2.45) is 10.4 Å². The first kappa shape index (κ1) is 18.8. The van der Waals surface area contributed by atoms with E-state index in [9.17, 15) is 0 Å². The molecule has 0 unspecified atom stereocenters. The molecule has 1 fully saturated rings. The van der Waals surface area contributed by atoms with Crippen LogP contribution < -0.4 is 10.6 Å². The molecule has 1 aliphatic rings. The third-order valence-corrected chi connectivity index (χ3v) is 5.41. The predicted molar refractivity (Wildman–Crippen MR) is 106 cm³/mol. The Morgan fingerprint density at radius 2 is 2.04 bits per heavy atom. The van der Waals surface area contributed by atoms with Gasteiger partial charge in [-0.1, -0.05) is 31.0 Å². The molecule has 1 aromatic carbocycles. The molecular weight excluding hydrogens is 326 g/mol. The summed E-state index contributed by atoms with van der Waals surface area (Å²) in [4.78, 5) is 4.37. The van der Waals surface area contributed by atoms with Crippen molar-refractivity contribution >= 4 is 16.9 Å². The van der Waals surface area contributed by atoms with E-state index in [4.69, 9.17) is 9.15 Å². The molecule has 0 spiro atoms. The predicted octanol–water partition coefficient (Wildman–Crippen LogP) is 4.08. The Kier molecular flexibility index (Phi) is 6.56. The number of rotatable bonds is 8. The second kappa shape index (κ2) is 9.08. The van der Waals surface area contributed by atoms with Gasteiger partial charge in [0.2, 0.25) is 0 Å². The van der Waals surface area contributed by atoms with Crippen LogP contribution in [0.2, 0.25) is 0 Å². The van der Waals surface area contributed by atoms with Crippen LogP contribution in [0.1, 0.15) is 44.8 Å². The van der Waals surface area contributed by atoms with Gasteiger partial charge in [-0.15, -0.1) is 0 Å². The van der Waals surface area contributed by atoms with Crippen molar-refractivity contribution in [3.63, 3.8) is 0 Å². The third-order valence-electron chi connectivity index (χ3n) is 5.41. The number of guanidine groups is 1. The molecule has 1 saturated carbocycles. The molecule has 1 aliphatic carbocycles. The summed E-state index contributed by atoms with van der Waals surface area (Å²) < 4.78 is 11.5. The van der Waals surface area contributed by atoms with E-state index in [1.807, 2.05) is 25.2 Å². The SMILES string of the molecule is CCOCCC1(CNC(=NC)NCc2cc3ccccc3o2)CCCC1. The summed E-state index contributed by atoms with van der Waals surface area (Å²) in [6.45, 7) is 5.27. The average molecular weight is 357 g/mol. The van der Waals surface area contributed by atoms with Crippen LogP contribution in [-0.2, 0) is 11.3 Å². The summed E-state index contributed by atoms with van der Waals surface area (Å²) in [5.41, 5.74) is 1.26. The molecule has 5 nitrogen and oxygen atoms in total. The van der Waals surface area contributed by atoms with Gasteiger partial charge >= 0.3 is 0 Å². The zero-order chi connectivity index (χ0) is 18.2. The number of fused-ring (bicyclic) bond motifs is 1. The summed E-state index contributed by atoms with van der Waals surface area (Å²) in [7, 11) is 1.81. The summed E-state index contributed by atoms with van der Waals surface area (Å²) >= 11 is 0. The van der Waals surface area contributed by atoms with Gasteiger partial charge in [0.25, 0.3) is 0 Å². The zero-order valence-corrected chi connectivity index (χ0v) is 16.0. The van der Waals surface area contributed by atoms with Gasteiger partial charge in [0.05, 0.1) is 6.54 Å². The zero-order valence-electron chi connectivity index (χ0n) is 16.0. The Balaban J connectivity index is 1.52. The Labute approximate surface area is 156 Å². The van der Waals surface area contributed by atoms with Crippen molar-refractivity contribution in [2.75, 3.05) is 26.8 Å². The minimum absolute atomic E-state index is 0.339. The van der Waals surface area contributed by atoms with Crippen LogP contribution in [-0.4, -0.2) is 32.8 Å². The molecule has 1 heterocycles. The van der Waals surface area contributed by atoms with Crippen LogP contribution in [0.4, 0.5) is 0 Å². The van der Waals surface area contributed by atoms with Gasteiger partial charge in [-0.3, -0.25) is 4.99 Å². The van der Waals surface area contributed by atoms with E-state index in [0.29, 0.717) is 12.0 Å². The molecular formula is C21H31N3O2. The molecule has 0 atom stereocenters. The van der Waals surface area contributed by atoms with Gasteiger partial charge in [-0.25, -0.2) is 0 Å². The molecule has 2 N–H and O–H groups in total. The Hall–Kier alpha value is -2.01. The van der Waals surface area contributed by atoms with Gasteiger partial charge in [-0.2, -0.15) is 0 Å². The molecule has 0 bridgehead atoms. The van der Waals surface area contributed by atoms with Gasteiger partial charge < -0.3 is 19.8 Å². The third kappa shape index (κ3) is 4.79. The monoisotopic (exact) mass is 357 g/mol. The first-order valence-corrected chi connectivity index (χ1v) is 9.74. The molecule has 2 aromatic rings. The lowest BCUT2D eigenvalue weighted by Gasteiger charge is -2.30. The number of aliphatic imine (C=N–C) groups is 1. The van der Waals surface area contributed by atoms with Gasteiger partial charge in [-0.05, 0) is 43.7 Å². The second-order valence-corrected chi connectivity index (χ2v) is 7.18. The number of para-hydroxylation sites is 1. The number of ether oxygens (including phenoxy) is 1. The van der Waals surface area contributed by atoms with E-state index < -0.39 is 0 Å².